The monoisotopic (exact) mass is 440 g/mol. The molecule has 2 amide bonds. The zero-order valence-corrected chi connectivity index (χ0v) is 17.9. The molecule has 1 aliphatic heterocycles. The van der Waals surface area contributed by atoms with E-state index in [9.17, 15) is 19.5 Å². The summed E-state index contributed by atoms with van der Waals surface area (Å²) in [4.78, 5) is 37.4. The van der Waals surface area contributed by atoms with Crippen LogP contribution in [0.25, 0.3) is 6.08 Å². The van der Waals surface area contributed by atoms with Crippen LogP contribution in [0.4, 0.5) is 0 Å². The summed E-state index contributed by atoms with van der Waals surface area (Å²) in [7, 11) is 1.43. The second kappa shape index (κ2) is 9.86. The topological polar surface area (TPSA) is 123 Å². The van der Waals surface area contributed by atoms with Crippen molar-refractivity contribution in [2.24, 2.45) is 5.92 Å². The molecule has 3 rings (SSSR count). The molecule has 0 fully saturated rings. The summed E-state index contributed by atoms with van der Waals surface area (Å²) < 4.78 is 15.9. The van der Waals surface area contributed by atoms with Crippen molar-refractivity contribution in [3.63, 3.8) is 0 Å². The van der Waals surface area contributed by atoms with Gasteiger partial charge in [-0.3, -0.25) is 9.59 Å². The van der Waals surface area contributed by atoms with Gasteiger partial charge >= 0.3 is 5.97 Å². The Kier molecular flexibility index (Phi) is 6.99. The van der Waals surface area contributed by atoms with Crippen molar-refractivity contribution in [3.05, 3.63) is 59.3 Å². The third-order valence-electron chi connectivity index (χ3n) is 4.77. The van der Waals surface area contributed by atoms with Crippen LogP contribution in [-0.2, 0) is 9.59 Å². The van der Waals surface area contributed by atoms with Gasteiger partial charge in [-0.25, -0.2) is 4.79 Å². The lowest BCUT2D eigenvalue weighted by Gasteiger charge is -2.19. The smallest absolute Gasteiger partial charge is 0.326 e. The van der Waals surface area contributed by atoms with E-state index in [-0.39, 0.29) is 24.0 Å². The van der Waals surface area contributed by atoms with Gasteiger partial charge in [-0.1, -0.05) is 32.0 Å². The molecule has 168 valence electrons. The quantitative estimate of drug-likeness (QED) is 0.539. The lowest BCUT2D eigenvalue weighted by molar-refractivity contribution is -0.142. The molecule has 1 atom stereocenters. The van der Waals surface area contributed by atoms with Crippen LogP contribution < -0.4 is 24.8 Å². The number of methoxy groups -OCH3 is 1. The first-order valence-corrected chi connectivity index (χ1v) is 9.89. The zero-order valence-electron chi connectivity index (χ0n) is 17.9. The molecule has 32 heavy (non-hydrogen) atoms. The molecule has 9 nitrogen and oxygen atoms in total. The molecule has 0 aliphatic carbocycles. The molecular formula is C23H24N2O7. The van der Waals surface area contributed by atoms with E-state index in [4.69, 9.17) is 14.2 Å². The van der Waals surface area contributed by atoms with Gasteiger partial charge in [0, 0.05) is 0 Å². The number of carboxylic acids is 1. The number of amides is 2. The van der Waals surface area contributed by atoms with E-state index in [1.54, 1.807) is 56.3 Å². The van der Waals surface area contributed by atoms with Crippen molar-refractivity contribution in [2.75, 3.05) is 13.9 Å². The average Bonchev–Trinajstić information content (AvgIpc) is 3.24. The van der Waals surface area contributed by atoms with E-state index in [1.807, 2.05) is 0 Å². The van der Waals surface area contributed by atoms with Gasteiger partial charge < -0.3 is 30.0 Å². The number of hydrogen-bond acceptors (Lipinski definition) is 6. The molecule has 1 unspecified atom stereocenters. The Morgan fingerprint density at radius 3 is 2.50 bits per heavy atom. The normalized spacial score (nSPS) is 13.4. The highest BCUT2D eigenvalue weighted by Crippen LogP contribution is 2.33. The van der Waals surface area contributed by atoms with Gasteiger partial charge in [0.1, 0.15) is 17.5 Å². The molecule has 0 saturated heterocycles. The standard InChI is InChI=1S/C23H24N2O7/c1-13(2)20(23(28)29)25-22(27)16(10-14-8-9-18-19(11-14)32-12-31-18)24-21(26)15-6-4-5-7-17(15)30-3/h4-11,13,20H,12H2,1-3H3,(H,24,26)(H,25,27)(H,28,29)/b16-10+. The molecule has 1 heterocycles. The summed E-state index contributed by atoms with van der Waals surface area (Å²) in [6, 6.07) is 10.4. The number of benzene rings is 2. The predicted molar refractivity (Wildman–Crippen MR) is 115 cm³/mol. The van der Waals surface area contributed by atoms with Gasteiger partial charge in [0.2, 0.25) is 6.79 Å². The van der Waals surface area contributed by atoms with Crippen LogP contribution in [0.5, 0.6) is 17.2 Å². The average molecular weight is 440 g/mol. The lowest BCUT2D eigenvalue weighted by Crippen LogP contribution is -2.47. The number of carbonyl (C=O) groups excluding carboxylic acids is 2. The van der Waals surface area contributed by atoms with Crippen molar-refractivity contribution in [1.29, 1.82) is 0 Å². The zero-order chi connectivity index (χ0) is 23.3. The van der Waals surface area contributed by atoms with Gasteiger partial charge in [-0.15, -0.1) is 0 Å². The molecular weight excluding hydrogens is 416 g/mol. The summed E-state index contributed by atoms with van der Waals surface area (Å²) in [5.74, 6) is -1.47. The lowest BCUT2D eigenvalue weighted by atomic mass is 10.0. The molecule has 1 aliphatic rings. The summed E-state index contributed by atoms with van der Waals surface area (Å²) >= 11 is 0. The minimum Gasteiger partial charge on any atom is -0.496 e. The number of rotatable bonds is 8. The number of nitrogens with one attached hydrogen (secondary N) is 2. The van der Waals surface area contributed by atoms with E-state index in [0.29, 0.717) is 22.8 Å². The summed E-state index contributed by atoms with van der Waals surface area (Å²) in [6.07, 6.45) is 1.43. The Bertz CT molecular complexity index is 1060. The third-order valence-corrected chi connectivity index (χ3v) is 4.77. The Labute approximate surface area is 185 Å². The highest BCUT2D eigenvalue weighted by atomic mass is 16.7. The first kappa shape index (κ1) is 22.7. The van der Waals surface area contributed by atoms with Crippen LogP contribution in [0.2, 0.25) is 0 Å². The van der Waals surface area contributed by atoms with Gasteiger partial charge in [-0.05, 0) is 41.8 Å². The Balaban J connectivity index is 1.94. The maximum atomic E-state index is 13.0. The predicted octanol–water partition coefficient (Wildman–Crippen LogP) is 2.42. The SMILES string of the molecule is COc1ccccc1C(=O)N/C(=C/c1ccc2c(c1)OCO2)C(=O)NC(C(=O)O)C(C)C. The second-order valence-corrected chi connectivity index (χ2v) is 7.36. The number of para-hydroxylation sites is 1. The number of fused-ring (bicyclic) bond motifs is 1. The molecule has 0 bridgehead atoms. The summed E-state index contributed by atoms with van der Waals surface area (Å²) in [5.41, 5.74) is 0.640. The van der Waals surface area contributed by atoms with Crippen molar-refractivity contribution in [1.82, 2.24) is 10.6 Å². The van der Waals surface area contributed by atoms with E-state index in [2.05, 4.69) is 10.6 Å². The van der Waals surface area contributed by atoms with Gasteiger partial charge in [0.05, 0.1) is 12.7 Å². The highest BCUT2D eigenvalue weighted by Gasteiger charge is 2.26. The van der Waals surface area contributed by atoms with Crippen molar-refractivity contribution in [2.45, 2.75) is 19.9 Å². The van der Waals surface area contributed by atoms with E-state index in [0.717, 1.165) is 0 Å². The number of aliphatic carboxylic acids is 1. The Morgan fingerprint density at radius 1 is 1.09 bits per heavy atom. The van der Waals surface area contributed by atoms with Crippen LogP contribution in [-0.4, -0.2) is 42.8 Å². The fourth-order valence-electron chi connectivity index (χ4n) is 3.08. The maximum Gasteiger partial charge on any atom is 0.326 e. The van der Waals surface area contributed by atoms with Crippen LogP contribution in [0, 0.1) is 5.92 Å². The number of carbonyl (C=O) groups is 3. The van der Waals surface area contributed by atoms with Crippen LogP contribution in [0.1, 0.15) is 29.8 Å². The molecule has 0 radical (unpaired) electrons. The minimum absolute atomic E-state index is 0.0923. The maximum absolute atomic E-state index is 13.0. The van der Waals surface area contributed by atoms with E-state index < -0.39 is 23.8 Å². The first-order chi connectivity index (χ1) is 15.3. The number of carboxylic acid groups (broad SMARTS) is 1. The molecule has 0 aromatic heterocycles. The third kappa shape index (κ3) is 5.18. The fourth-order valence-corrected chi connectivity index (χ4v) is 3.08. The molecule has 9 heteroatoms. The fraction of sp³-hybridized carbons (Fsp3) is 0.261. The highest BCUT2D eigenvalue weighted by molar-refractivity contribution is 6.07. The van der Waals surface area contributed by atoms with Crippen molar-refractivity contribution >= 4 is 23.9 Å². The van der Waals surface area contributed by atoms with E-state index in [1.165, 1.54) is 13.2 Å². The molecule has 0 saturated carbocycles. The second-order valence-electron chi connectivity index (χ2n) is 7.36. The van der Waals surface area contributed by atoms with Crippen LogP contribution in [0.3, 0.4) is 0 Å². The van der Waals surface area contributed by atoms with Crippen molar-refractivity contribution in [3.8, 4) is 17.2 Å². The Morgan fingerprint density at radius 2 is 1.81 bits per heavy atom. The number of ether oxygens (including phenoxy) is 3. The van der Waals surface area contributed by atoms with E-state index >= 15 is 0 Å². The number of hydrogen-bond donors (Lipinski definition) is 3. The van der Waals surface area contributed by atoms with Crippen molar-refractivity contribution < 1.29 is 33.7 Å². The summed E-state index contributed by atoms with van der Waals surface area (Å²) in [6.45, 7) is 3.44. The Hall–Kier alpha value is -4.01. The van der Waals surface area contributed by atoms with Crippen LogP contribution >= 0.6 is 0 Å². The molecule has 0 spiro atoms. The molecule has 3 N–H and O–H groups in total. The summed E-state index contributed by atoms with van der Waals surface area (Å²) in [5, 5.41) is 14.5. The first-order valence-electron chi connectivity index (χ1n) is 9.89. The molecule has 2 aromatic carbocycles. The largest absolute Gasteiger partial charge is 0.496 e. The van der Waals surface area contributed by atoms with Gasteiger partial charge in [0.25, 0.3) is 11.8 Å². The van der Waals surface area contributed by atoms with Crippen LogP contribution in [0.15, 0.2) is 48.2 Å². The van der Waals surface area contributed by atoms with Gasteiger partial charge in [-0.2, -0.15) is 0 Å². The minimum atomic E-state index is -1.17. The molecule has 2 aromatic rings. The van der Waals surface area contributed by atoms with Gasteiger partial charge in [0.15, 0.2) is 11.5 Å².